The number of ether oxygens (including phenoxy) is 3. The van der Waals surface area contributed by atoms with Crippen LogP contribution in [0.15, 0.2) is 10.5 Å². The van der Waals surface area contributed by atoms with Crippen molar-refractivity contribution in [2.24, 2.45) is 0 Å². The highest BCUT2D eigenvalue weighted by atomic mass is 16.5. The van der Waals surface area contributed by atoms with Gasteiger partial charge in [-0.3, -0.25) is 0 Å². The number of carbonyl (C=O) groups is 1. The Bertz CT molecular complexity index is 416. The minimum absolute atomic E-state index is 0.365. The molecule has 0 aliphatic rings. The molecule has 0 aromatic carbocycles. The third-order valence-corrected chi connectivity index (χ3v) is 3.00. The van der Waals surface area contributed by atoms with Crippen molar-refractivity contribution in [1.29, 1.82) is 0 Å². The lowest BCUT2D eigenvalue weighted by Gasteiger charge is -2.04. The van der Waals surface area contributed by atoms with Gasteiger partial charge in [-0.1, -0.05) is 0 Å². The number of carbonyl (C=O) groups excluding carboxylic acids is 1. The summed E-state index contributed by atoms with van der Waals surface area (Å²) < 4.78 is 20.5. The summed E-state index contributed by atoms with van der Waals surface area (Å²) in [6.45, 7) is 5.26. The lowest BCUT2D eigenvalue weighted by Crippen LogP contribution is -2.15. The average Bonchev–Trinajstić information content (AvgIpc) is 2.85. The predicted molar refractivity (Wildman–Crippen MR) is 78.4 cm³/mol. The number of hydrogen-bond donors (Lipinski definition) is 1. The van der Waals surface area contributed by atoms with E-state index >= 15 is 0 Å². The van der Waals surface area contributed by atoms with Gasteiger partial charge >= 0.3 is 5.97 Å². The van der Waals surface area contributed by atoms with Crippen LogP contribution in [-0.2, 0) is 20.8 Å². The van der Waals surface area contributed by atoms with Gasteiger partial charge in [0.25, 0.3) is 0 Å². The summed E-state index contributed by atoms with van der Waals surface area (Å²) in [6.07, 6.45) is 2.03. The average molecular weight is 299 g/mol. The number of aryl methyl sites for hydroxylation is 1. The zero-order valence-electron chi connectivity index (χ0n) is 13.1. The normalized spacial score (nSPS) is 10.8. The van der Waals surface area contributed by atoms with Crippen LogP contribution in [0.1, 0.15) is 34.7 Å². The van der Waals surface area contributed by atoms with Crippen molar-refractivity contribution < 1.29 is 23.4 Å². The van der Waals surface area contributed by atoms with Crippen molar-refractivity contribution in [3.63, 3.8) is 0 Å². The van der Waals surface area contributed by atoms with Gasteiger partial charge in [0, 0.05) is 13.7 Å². The third kappa shape index (κ3) is 6.75. The molecule has 1 aromatic rings. The van der Waals surface area contributed by atoms with Crippen LogP contribution in [0.4, 0.5) is 0 Å². The second-order valence-corrected chi connectivity index (χ2v) is 4.66. The van der Waals surface area contributed by atoms with E-state index in [4.69, 9.17) is 13.9 Å². The van der Waals surface area contributed by atoms with E-state index in [-0.39, 0.29) is 5.97 Å². The standard InChI is InChI=1S/C15H25NO5/c1-12-14(15(17)19-3)10-13(21-12)11-16-6-4-5-7-20-9-8-18-2/h10,16H,4-9,11H2,1-3H3. The fourth-order valence-corrected chi connectivity index (χ4v) is 1.85. The van der Waals surface area contributed by atoms with E-state index in [1.165, 1.54) is 7.11 Å². The monoisotopic (exact) mass is 299 g/mol. The summed E-state index contributed by atoms with van der Waals surface area (Å²) in [5.74, 6) is 0.963. The lowest BCUT2D eigenvalue weighted by molar-refractivity contribution is 0.0599. The van der Waals surface area contributed by atoms with Crippen LogP contribution < -0.4 is 5.32 Å². The molecule has 0 radical (unpaired) electrons. The van der Waals surface area contributed by atoms with Gasteiger partial charge in [0.05, 0.1) is 26.9 Å². The maximum Gasteiger partial charge on any atom is 0.341 e. The molecule has 21 heavy (non-hydrogen) atoms. The van der Waals surface area contributed by atoms with Crippen LogP contribution in [0.25, 0.3) is 0 Å². The number of hydrogen-bond acceptors (Lipinski definition) is 6. The molecule has 120 valence electrons. The molecule has 0 spiro atoms. The highest BCUT2D eigenvalue weighted by Gasteiger charge is 2.14. The Labute approximate surface area is 125 Å². The number of nitrogens with one attached hydrogen (secondary N) is 1. The number of rotatable bonds is 11. The first-order valence-corrected chi connectivity index (χ1v) is 7.14. The Morgan fingerprint density at radius 3 is 2.76 bits per heavy atom. The number of unbranched alkanes of at least 4 members (excludes halogenated alkanes) is 1. The summed E-state index contributed by atoms with van der Waals surface area (Å²) in [4.78, 5) is 11.4. The molecular weight excluding hydrogens is 274 g/mol. The van der Waals surface area contributed by atoms with Gasteiger partial charge < -0.3 is 23.9 Å². The van der Waals surface area contributed by atoms with Gasteiger partial charge in [0.2, 0.25) is 0 Å². The van der Waals surface area contributed by atoms with Gasteiger partial charge in [-0.25, -0.2) is 4.79 Å². The van der Waals surface area contributed by atoms with Crippen molar-refractivity contribution in [1.82, 2.24) is 5.32 Å². The van der Waals surface area contributed by atoms with Crippen molar-refractivity contribution in [2.75, 3.05) is 40.6 Å². The van der Waals surface area contributed by atoms with Crippen molar-refractivity contribution in [3.05, 3.63) is 23.2 Å². The van der Waals surface area contributed by atoms with E-state index in [2.05, 4.69) is 10.1 Å². The molecule has 0 amide bonds. The highest BCUT2D eigenvalue weighted by Crippen LogP contribution is 2.15. The van der Waals surface area contributed by atoms with E-state index < -0.39 is 0 Å². The van der Waals surface area contributed by atoms with Gasteiger partial charge in [0.15, 0.2) is 0 Å². The smallest absolute Gasteiger partial charge is 0.341 e. The molecule has 0 bridgehead atoms. The first-order chi connectivity index (χ1) is 10.2. The zero-order valence-corrected chi connectivity index (χ0v) is 13.1. The SMILES string of the molecule is COCCOCCCCNCc1cc(C(=O)OC)c(C)o1. The third-order valence-electron chi connectivity index (χ3n) is 3.00. The molecule has 6 nitrogen and oxygen atoms in total. The van der Waals surface area contributed by atoms with Gasteiger partial charge in [-0.15, -0.1) is 0 Å². The summed E-state index contributed by atoms with van der Waals surface area (Å²) >= 11 is 0. The van der Waals surface area contributed by atoms with Gasteiger partial charge in [-0.05, 0) is 32.4 Å². The van der Waals surface area contributed by atoms with E-state index in [0.717, 1.165) is 31.8 Å². The molecule has 1 rings (SSSR count). The Kier molecular flexibility index (Phi) is 8.73. The van der Waals surface area contributed by atoms with Crippen LogP contribution in [0.2, 0.25) is 0 Å². The zero-order chi connectivity index (χ0) is 15.5. The molecule has 0 aliphatic carbocycles. The maximum absolute atomic E-state index is 11.4. The quantitative estimate of drug-likeness (QED) is 0.497. The van der Waals surface area contributed by atoms with Crippen LogP contribution in [0.3, 0.4) is 0 Å². The number of esters is 1. The topological polar surface area (TPSA) is 69.9 Å². The fraction of sp³-hybridized carbons (Fsp3) is 0.667. The second-order valence-electron chi connectivity index (χ2n) is 4.66. The van der Waals surface area contributed by atoms with Gasteiger partial charge in [-0.2, -0.15) is 0 Å². The second kappa shape index (κ2) is 10.4. The first kappa shape index (κ1) is 17.7. The van der Waals surface area contributed by atoms with Crippen molar-refractivity contribution in [2.45, 2.75) is 26.3 Å². The molecule has 6 heteroatoms. The van der Waals surface area contributed by atoms with Crippen LogP contribution in [0, 0.1) is 6.92 Å². The van der Waals surface area contributed by atoms with E-state index in [1.54, 1.807) is 20.1 Å². The Morgan fingerprint density at radius 1 is 1.24 bits per heavy atom. The molecule has 0 atom stereocenters. The summed E-state index contributed by atoms with van der Waals surface area (Å²) in [6, 6.07) is 1.72. The number of furan rings is 1. The Balaban J connectivity index is 2.12. The van der Waals surface area contributed by atoms with Gasteiger partial charge in [0.1, 0.15) is 17.1 Å². The van der Waals surface area contributed by atoms with E-state index in [9.17, 15) is 4.79 Å². The fourth-order valence-electron chi connectivity index (χ4n) is 1.85. The molecule has 1 N–H and O–H groups in total. The minimum Gasteiger partial charge on any atom is -0.465 e. The lowest BCUT2D eigenvalue weighted by atomic mass is 10.2. The first-order valence-electron chi connectivity index (χ1n) is 7.14. The summed E-state index contributed by atoms with van der Waals surface area (Å²) in [7, 11) is 3.02. The summed E-state index contributed by atoms with van der Waals surface area (Å²) in [5, 5.41) is 3.28. The largest absolute Gasteiger partial charge is 0.465 e. The molecule has 0 saturated carbocycles. The van der Waals surface area contributed by atoms with Crippen LogP contribution >= 0.6 is 0 Å². The molecule has 1 heterocycles. The predicted octanol–water partition coefficient (Wildman–Crippen LogP) is 1.91. The maximum atomic E-state index is 11.4. The minimum atomic E-state index is -0.365. The van der Waals surface area contributed by atoms with Crippen LogP contribution in [-0.4, -0.2) is 46.6 Å². The molecule has 1 aromatic heterocycles. The Hall–Kier alpha value is -1.37. The molecular formula is C15H25NO5. The number of methoxy groups -OCH3 is 2. The Morgan fingerprint density at radius 2 is 2.05 bits per heavy atom. The summed E-state index contributed by atoms with van der Waals surface area (Å²) in [5.41, 5.74) is 0.487. The molecule has 0 fully saturated rings. The molecule has 0 saturated heterocycles. The van der Waals surface area contributed by atoms with Crippen molar-refractivity contribution >= 4 is 5.97 Å². The van der Waals surface area contributed by atoms with Crippen molar-refractivity contribution in [3.8, 4) is 0 Å². The van der Waals surface area contributed by atoms with Crippen LogP contribution in [0.5, 0.6) is 0 Å². The van der Waals surface area contributed by atoms with E-state index in [0.29, 0.717) is 31.1 Å². The molecule has 0 aliphatic heterocycles. The highest BCUT2D eigenvalue weighted by molar-refractivity contribution is 5.90. The molecule has 0 unspecified atom stereocenters. The van der Waals surface area contributed by atoms with E-state index in [1.807, 2.05) is 0 Å².